The summed E-state index contributed by atoms with van der Waals surface area (Å²) in [5, 5.41) is 0. The monoisotopic (exact) mass is 717 g/mol. The van der Waals surface area contributed by atoms with Gasteiger partial charge in [0.25, 0.3) is 0 Å². The van der Waals surface area contributed by atoms with Crippen molar-refractivity contribution in [2.45, 2.75) is 219 Å². The summed E-state index contributed by atoms with van der Waals surface area (Å²) in [4.78, 5) is 42.7. The maximum atomic E-state index is 12.4. The minimum Gasteiger partial charge on any atom is -0.462 e. The van der Waals surface area contributed by atoms with Crippen LogP contribution in [0.5, 0.6) is 0 Å². The lowest BCUT2D eigenvalue weighted by atomic mass is 10.0. The topological polar surface area (TPSA) is 119 Å². The molecule has 0 aliphatic heterocycles. The average molecular weight is 717 g/mol. The van der Waals surface area contributed by atoms with E-state index in [0.29, 0.717) is 12.8 Å². The second kappa shape index (κ2) is 36.6. The Morgan fingerprint density at radius 3 is 1.31 bits per heavy atom. The van der Waals surface area contributed by atoms with Crippen LogP contribution in [0.25, 0.3) is 0 Å². The number of rotatable bonds is 38. The molecule has 0 fully saturated rings. The number of esters is 2. The van der Waals surface area contributed by atoms with Gasteiger partial charge in [-0.05, 0) is 32.1 Å². The van der Waals surface area contributed by atoms with Crippen LogP contribution in [0.4, 0.5) is 0 Å². The van der Waals surface area contributed by atoms with E-state index in [4.69, 9.17) is 19.3 Å². The molecule has 0 saturated heterocycles. The Labute approximate surface area is 301 Å². The highest BCUT2D eigenvalue weighted by molar-refractivity contribution is 7.46. The zero-order valence-corrected chi connectivity index (χ0v) is 32.8. The summed E-state index contributed by atoms with van der Waals surface area (Å²) in [5.74, 6) is -0.886. The molecule has 0 heterocycles. The fourth-order valence-electron chi connectivity index (χ4n) is 5.94. The van der Waals surface area contributed by atoms with Crippen LogP contribution in [-0.2, 0) is 28.2 Å². The second-order valence-corrected chi connectivity index (χ2v) is 15.2. The number of unbranched alkanes of at least 4 members (excludes halogenated alkanes) is 26. The van der Waals surface area contributed by atoms with Gasteiger partial charge in [0.1, 0.15) is 6.61 Å². The summed E-state index contributed by atoms with van der Waals surface area (Å²) in [6.45, 7) is 3.65. The van der Waals surface area contributed by atoms with Crippen molar-refractivity contribution in [1.29, 1.82) is 0 Å². The minimum absolute atomic E-state index is 0.216. The van der Waals surface area contributed by atoms with Crippen molar-refractivity contribution in [3.05, 3.63) is 12.2 Å². The van der Waals surface area contributed by atoms with Crippen LogP contribution < -0.4 is 0 Å². The van der Waals surface area contributed by atoms with Crippen LogP contribution in [0.3, 0.4) is 0 Å². The predicted molar refractivity (Wildman–Crippen MR) is 202 cm³/mol. The van der Waals surface area contributed by atoms with E-state index >= 15 is 0 Å². The molecule has 290 valence electrons. The van der Waals surface area contributed by atoms with Gasteiger partial charge in [0.05, 0.1) is 6.61 Å². The standard InChI is InChI=1S/C40H77O8P/c1-3-5-7-9-11-13-15-16-17-18-19-20-21-22-23-25-27-29-31-33-35-40(42)48-38(37-47-49(43,44)45)36-46-39(41)34-32-30-28-26-24-14-12-10-8-6-4-2/h10,12,38H,3-9,11,13-37H2,1-2H3,(H2,43,44,45)/b12-10+/t38-/m1/s1. The fourth-order valence-corrected chi connectivity index (χ4v) is 6.30. The van der Waals surface area contributed by atoms with Gasteiger partial charge in [0, 0.05) is 12.8 Å². The number of phosphoric ester groups is 1. The van der Waals surface area contributed by atoms with Crippen molar-refractivity contribution >= 4 is 19.8 Å². The summed E-state index contributed by atoms with van der Waals surface area (Å²) in [6.07, 6.45) is 39.4. The van der Waals surface area contributed by atoms with E-state index in [1.807, 2.05) is 0 Å². The molecule has 0 unspecified atom stereocenters. The van der Waals surface area contributed by atoms with E-state index in [-0.39, 0.29) is 19.4 Å². The van der Waals surface area contributed by atoms with Gasteiger partial charge in [0.15, 0.2) is 6.10 Å². The number of allylic oxidation sites excluding steroid dienone is 2. The first-order valence-corrected chi connectivity index (χ1v) is 22.0. The van der Waals surface area contributed by atoms with Gasteiger partial charge >= 0.3 is 19.8 Å². The maximum Gasteiger partial charge on any atom is 0.469 e. The lowest BCUT2D eigenvalue weighted by molar-refractivity contribution is -0.161. The van der Waals surface area contributed by atoms with Crippen molar-refractivity contribution in [3.8, 4) is 0 Å². The largest absolute Gasteiger partial charge is 0.469 e. The third-order valence-corrected chi connectivity index (χ3v) is 9.52. The molecule has 49 heavy (non-hydrogen) atoms. The smallest absolute Gasteiger partial charge is 0.462 e. The van der Waals surface area contributed by atoms with Gasteiger partial charge < -0.3 is 19.3 Å². The van der Waals surface area contributed by atoms with Gasteiger partial charge in [-0.2, -0.15) is 0 Å². The lowest BCUT2D eigenvalue weighted by Crippen LogP contribution is -2.29. The number of hydrogen-bond donors (Lipinski definition) is 2. The van der Waals surface area contributed by atoms with Gasteiger partial charge in [-0.25, -0.2) is 4.57 Å². The summed E-state index contributed by atoms with van der Waals surface area (Å²) in [5.41, 5.74) is 0. The number of carbonyl (C=O) groups excluding carboxylic acids is 2. The molecule has 1 atom stereocenters. The zero-order chi connectivity index (χ0) is 36.1. The van der Waals surface area contributed by atoms with Crippen molar-refractivity contribution in [2.75, 3.05) is 13.2 Å². The number of hydrogen-bond acceptors (Lipinski definition) is 6. The van der Waals surface area contributed by atoms with Crippen LogP contribution in [-0.4, -0.2) is 41.0 Å². The van der Waals surface area contributed by atoms with Crippen LogP contribution in [0.1, 0.15) is 213 Å². The number of phosphoric acid groups is 1. The molecule has 8 nitrogen and oxygen atoms in total. The Morgan fingerprint density at radius 2 is 0.878 bits per heavy atom. The third kappa shape index (κ3) is 39.4. The molecule has 0 radical (unpaired) electrons. The second-order valence-electron chi connectivity index (χ2n) is 14.0. The third-order valence-electron chi connectivity index (χ3n) is 9.03. The van der Waals surface area contributed by atoms with E-state index in [9.17, 15) is 14.2 Å². The molecule has 0 aromatic rings. The van der Waals surface area contributed by atoms with Gasteiger partial charge in [-0.3, -0.25) is 14.1 Å². The summed E-state index contributed by atoms with van der Waals surface area (Å²) in [6, 6.07) is 0. The quantitative estimate of drug-likeness (QED) is 0.0280. The number of ether oxygens (including phenoxy) is 2. The number of carbonyl (C=O) groups is 2. The van der Waals surface area contributed by atoms with Crippen LogP contribution in [0.2, 0.25) is 0 Å². The van der Waals surface area contributed by atoms with Crippen LogP contribution in [0, 0.1) is 0 Å². The Bertz CT molecular complexity index is 812. The molecule has 0 bridgehead atoms. The molecule has 9 heteroatoms. The molecular weight excluding hydrogens is 639 g/mol. The Hall–Kier alpha value is -1.21. The van der Waals surface area contributed by atoms with E-state index in [1.54, 1.807) is 0 Å². The van der Waals surface area contributed by atoms with Gasteiger partial charge in [-0.15, -0.1) is 0 Å². The SMILES string of the molecule is CCCC/C=C/CCCCCCCC(=O)OC[C@H](COP(=O)(O)O)OC(=O)CCCCCCCCCCCCCCCCCCCCCC. The average Bonchev–Trinajstić information content (AvgIpc) is 3.07. The minimum atomic E-state index is -4.75. The molecule has 0 amide bonds. The molecule has 0 spiro atoms. The summed E-state index contributed by atoms with van der Waals surface area (Å²) >= 11 is 0. The Kier molecular flexibility index (Phi) is 35.7. The van der Waals surface area contributed by atoms with E-state index in [1.165, 1.54) is 122 Å². The van der Waals surface area contributed by atoms with Crippen molar-refractivity contribution < 1.29 is 37.9 Å². The van der Waals surface area contributed by atoms with Crippen molar-refractivity contribution in [3.63, 3.8) is 0 Å². The van der Waals surface area contributed by atoms with E-state index in [2.05, 4.69) is 30.5 Å². The fraction of sp³-hybridized carbons (Fsp3) is 0.900. The molecular formula is C40H77O8P. The molecule has 0 aliphatic rings. The van der Waals surface area contributed by atoms with E-state index in [0.717, 1.165) is 51.4 Å². The first-order valence-electron chi connectivity index (χ1n) is 20.5. The van der Waals surface area contributed by atoms with Crippen molar-refractivity contribution in [1.82, 2.24) is 0 Å². The highest BCUT2D eigenvalue weighted by Gasteiger charge is 2.22. The van der Waals surface area contributed by atoms with E-state index < -0.39 is 32.5 Å². The summed E-state index contributed by atoms with van der Waals surface area (Å²) in [7, 11) is -4.75. The van der Waals surface area contributed by atoms with Crippen LogP contribution in [0.15, 0.2) is 12.2 Å². The highest BCUT2D eigenvalue weighted by Crippen LogP contribution is 2.36. The first-order chi connectivity index (χ1) is 23.8. The maximum absolute atomic E-state index is 12.4. The predicted octanol–water partition coefficient (Wildman–Crippen LogP) is 12.2. The molecule has 0 rings (SSSR count). The Morgan fingerprint density at radius 1 is 0.510 bits per heavy atom. The molecule has 0 aliphatic carbocycles. The normalized spacial score (nSPS) is 12.5. The first kappa shape index (κ1) is 47.8. The molecule has 0 saturated carbocycles. The van der Waals surface area contributed by atoms with Crippen LogP contribution >= 0.6 is 7.82 Å². The molecule has 0 aromatic heterocycles. The summed E-state index contributed by atoms with van der Waals surface area (Å²) < 4.78 is 26.3. The Balaban J connectivity index is 3.84. The lowest BCUT2D eigenvalue weighted by Gasteiger charge is -2.18. The highest BCUT2D eigenvalue weighted by atomic mass is 31.2. The molecule has 2 N–H and O–H groups in total. The van der Waals surface area contributed by atoms with Gasteiger partial charge in [0.2, 0.25) is 0 Å². The van der Waals surface area contributed by atoms with Gasteiger partial charge in [-0.1, -0.05) is 180 Å². The molecule has 0 aromatic carbocycles. The zero-order valence-electron chi connectivity index (χ0n) is 31.9. The van der Waals surface area contributed by atoms with Crippen molar-refractivity contribution in [2.24, 2.45) is 0 Å².